The molecule has 1 aliphatic carbocycles. The van der Waals surface area contributed by atoms with Crippen LogP contribution in [0.4, 0.5) is 5.13 Å². The first-order valence-corrected chi connectivity index (χ1v) is 10.5. The second kappa shape index (κ2) is 6.86. The Balaban J connectivity index is 1.31. The van der Waals surface area contributed by atoms with Crippen LogP contribution >= 0.6 is 11.3 Å². The molecule has 2 N–H and O–H groups in total. The smallest absolute Gasteiger partial charge is 0.255 e. The number of hydrogen-bond acceptors (Lipinski definition) is 7. The third-order valence-corrected chi connectivity index (χ3v) is 6.74. The average Bonchev–Trinajstić information content (AvgIpc) is 3.39. The van der Waals surface area contributed by atoms with E-state index in [0.29, 0.717) is 29.4 Å². The zero-order valence-electron chi connectivity index (χ0n) is 15.5. The Bertz CT molecular complexity index is 1000. The molecular formula is C20H22N4O3S. The standard InChI is InChI=1S/C20H22N4O3S/c1-11-5-12-3-2-4-15(18(12)27-11)19(26)22-16-6-13-8-24(20-23-21-10-28-20)9-14(13)7-17(16)25/h2-5,10,13-14,16-17,25H,6-9H2,1H3,(H,22,26)/t13-,14+,16-,17-/m0/s1. The molecule has 28 heavy (non-hydrogen) atoms. The summed E-state index contributed by atoms with van der Waals surface area (Å²) in [5, 5.41) is 23.7. The van der Waals surface area contributed by atoms with Gasteiger partial charge >= 0.3 is 0 Å². The van der Waals surface area contributed by atoms with Crippen molar-refractivity contribution in [3.05, 3.63) is 41.1 Å². The summed E-state index contributed by atoms with van der Waals surface area (Å²) in [6, 6.07) is 7.23. The largest absolute Gasteiger partial charge is 0.461 e. The zero-order valence-corrected chi connectivity index (χ0v) is 16.4. The highest BCUT2D eigenvalue weighted by atomic mass is 32.1. The van der Waals surface area contributed by atoms with E-state index in [9.17, 15) is 9.90 Å². The molecule has 1 aliphatic heterocycles. The Morgan fingerprint density at radius 2 is 2.14 bits per heavy atom. The molecule has 2 aromatic heterocycles. The van der Waals surface area contributed by atoms with Crippen LogP contribution in [0, 0.1) is 18.8 Å². The van der Waals surface area contributed by atoms with E-state index in [-0.39, 0.29) is 11.9 Å². The van der Waals surface area contributed by atoms with Crippen LogP contribution in [0.2, 0.25) is 0 Å². The fourth-order valence-corrected chi connectivity index (χ4v) is 5.24. The first-order chi connectivity index (χ1) is 13.6. The van der Waals surface area contributed by atoms with Gasteiger partial charge in [-0.15, -0.1) is 10.2 Å². The number of aliphatic hydroxyl groups excluding tert-OH is 1. The quantitative estimate of drug-likeness (QED) is 0.705. The van der Waals surface area contributed by atoms with Gasteiger partial charge in [0.1, 0.15) is 16.9 Å². The SMILES string of the molecule is Cc1cc2cccc(C(=O)N[C@H]3C[C@H]4CN(c5nncs5)C[C@H]4C[C@@H]3O)c2o1. The van der Waals surface area contributed by atoms with Crippen molar-refractivity contribution in [2.45, 2.75) is 31.9 Å². The van der Waals surface area contributed by atoms with Crippen molar-refractivity contribution in [3.63, 3.8) is 0 Å². The zero-order chi connectivity index (χ0) is 19.3. The van der Waals surface area contributed by atoms with Crippen LogP contribution in [-0.4, -0.2) is 46.4 Å². The van der Waals surface area contributed by atoms with Crippen LogP contribution in [0.5, 0.6) is 0 Å². The van der Waals surface area contributed by atoms with Crippen molar-refractivity contribution in [3.8, 4) is 0 Å². The van der Waals surface area contributed by atoms with Crippen LogP contribution in [0.1, 0.15) is 29.0 Å². The third kappa shape index (κ3) is 3.06. The number of hydrogen-bond donors (Lipinski definition) is 2. The van der Waals surface area contributed by atoms with Gasteiger partial charge < -0.3 is 19.7 Å². The minimum absolute atomic E-state index is 0.193. The van der Waals surface area contributed by atoms with Crippen molar-refractivity contribution >= 4 is 33.3 Å². The van der Waals surface area contributed by atoms with E-state index >= 15 is 0 Å². The lowest BCUT2D eigenvalue weighted by atomic mass is 9.77. The summed E-state index contributed by atoms with van der Waals surface area (Å²) in [5.41, 5.74) is 2.86. The molecule has 0 bridgehead atoms. The predicted molar refractivity (Wildman–Crippen MR) is 107 cm³/mol. The lowest BCUT2D eigenvalue weighted by Crippen LogP contribution is -2.49. The number of rotatable bonds is 3. The maximum Gasteiger partial charge on any atom is 0.255 e. The molecule has 1 saturated heterocycles. The molecule has 5 rings (SSSR count). The molecule has 1 amide bonds. The molecule has 146 valence electrons. The number of furan rings is 1. The number of aryl methyl sites for hydroxylation is 1. The van der Waals surface area contributed by atoms with Gasteiger partial charge in [-0.05, 0) is 43.7 Å². The molecule has 1 aromatic carbocycles. The second-order valence-electron chi connectivity index (χ2n) is 7.85. The number of benzene rings is 1. The summed E-state index contributed by atoms with van der Waals surface area (Å²) < 4.78 is 5.72. The van der Waals surface area contributed by atoms with E-state index in [0.717, 1.165) is 35.8 Å². The molecule has 7 nitrogen and oxygen atoms in total. The van der Waals surface area contributed by atoms with Gasteiger partial charge in [0.25, 0.3) is 5.91 Å². The Labute approximate surface area is 166 Å². The van der Waals surface area contributed by atoms with Crippen LogP contribution in [0.3, 0.4) is 0 Å². The van der Waals surface area contributed by atoms with E-state index in [2.05, 4.69) is 20.4 Å². The number of para-hydroxylation sites is 1. The lowest BCUT2D eigenvalue weighted by molar-refractivity contribution is 0.0462. The first kappa shape index (κ1) is 17.6. The van der Waals surface area contributed by atoms with Gasteiger partial charge in [0.15, 0.2) is 0 Å². The van der Waals surface area contributed by atoms with Gasteiger partial charge in [-0.3, -0.25) is 4.79 Å². The van der Waals surface area contributed by atoms with Crippen molar-refractivity contribution in [1.29, 1.82) is 0 Å². The molecule has 2 aliphatic rings. The summed E-state index contributed by atoms with van der Waals surface area (Å²) in [5.74, 6) is 1.43. The van der Waals surface area contributed by atoms with E-state index in [4.69, 9.17) is 4.42 Å². The topological polar surface area (TPSA) is 91.5 Å². The van der Waals surface area contributed by atoms with E-state index in [1.54, 1.807) is 11.6 Å². The van der Waals surface area contributed by atoms with Gasteiger partial charge in [-0.1, -0.05) is 23.5 Å². The number of nitrogens with one attached hydrogen (secondary N) is 1. The maximum atomic E-state index is 12.9. The van der Waals surface area contributed by atoms with Gasteiger partial charge in [0, 0.05) is 18.5 Å². The number of fused-ring (bicyclic) bond motifs is 2. The average molecular weight is 398 g/mol. The van der Waals surface area contributed by atoms with E-state index in [1.807, 2.05) is 25.1 Å². The number of carbonyl (C=O) groups is 1. The van der Waals surface area contributed by atoms with Crippen molar-refractivity contribution in [1.82, 2.24) is 15.5 Å². The highest BCUT2D eigenvalue weighted by Crippen LogP contribution is 2.38. The molecule has 0 spiro atoms. The summed E-state index contributed by atoms with van der Waals surface area (Å²) in [6.45, 7) is 3.66. The lowest BCUT2D eigenvalue weighted by Gasteiger charge is -2.35. The summed E-state index contributed by atoms with van der Waals surface area (Å²) in [6.07, 6.45) is 0.909. The number of anilines is 1. The van der Waals surface area contributed by atoms with Crippen LogP contribution in [0.25, 0.3) is 11.0 Å². The Hall–Kier alpha value is -2.45. The monoisotopic (exact) mass is 398 g/mol. The summed E-state index contributed by atoms with van der Waals surface area (Å²) in [7, 11) is 0. The molecule has 1 saturated carbocycles. The molecule has 3 aromatic rings. The normalized spacial score (nSPS) is 27.1. The Morgan fingerprint density at radius 1 is 1.32 bits per heavy atom. The van der Waals surface area contributed by atoms with Crippen molar-refractivity contribution < 1.29 is 14.3 Å². The fourth-order valence-electron chi connectivity index (χ4n) is 4.66. The minimum atomic E-state index is -0.544. The van der Waals surface area contributed by atoms with Crippen molar-refractivity contribution in [2.24, 2.45) is 11.8 Å². The number of nitrogens with zero attached hydrogens (tertiary/aromatic N) is 3. The van der Waals surface area contributed by atoms with E-state index in [1.165, 1.54) is 11.3 Å². The molecule has 3 heterocycles. The number of aromatic nitrogens is 2. The van der Waals surface area contributed by atoms with Gasteiger partial charge in [0.05, 0.1) is 17.7 Å². The number of amides is 1. The highest BCUT2D eigenvalue weighted by Gasteiger charge is 2.43. The van der Waals surface area contributed by atoms with Gasteiger partial charge in [0.2, 0.25) is 5.13 Å². The van der Waals surface area contributed by atoms with E-state index < -0.39 is 6.10 Å². The molecule has 4 atom stereocenters. The van der Waals surface area contributed by atoms with Crippen LogP contribution in [-0.2, 0) is 0 Å². The second-order valence-corrected chi connectivity index (χ2v) is 8.66. The van der Waals surface area contributed by atoms with Crippen LogP contribution < -0.4 is 10.2 Å². The highest BCUT2D eigenvalue weighted by molar-refractivity contribution is 7.13. The summed E-state index contributed by atoms with van der Waals surface area (Å²) in [4.78, 5) is 15.2. The molecular weight excluding hydrogens is 376 g/mol. The van der Waals surface area contributed by atoms with Gasteiger partial charge in [-0.2, -0.15) is 0 Å². The predicted octanol–water partition coefficient (Wildman–Crippen LogP) is 2.60. The molecule has 0 unspecified atom stereocenters. The number of aliphatic hydroxyl groups is 1. The van der Waals surface area contributed by atoms with Crippen LogP contribution in [0.15, 0.2) is 34.2 Å². The van der Waals surface area contributed by atoms with Crippen molar-refractivity contribution in [2.75, 3.05) is 18.0 Å². The first-order valence-electron chi connectivity index (χ1n) is 9.57. The third-order valence-electron chi connectivity index (χ3n) is 5.99. The molecule has 0 radical (unpaired) electrons. The van der Waals surface area contributed by atoms with Gasteiger partial charge in [-0.25, -0.2) is 0 Å². The Kier molecular flexibility index (Phi) is 4.32. The molecule has 8 heteroatoms. The Morgan fingerprint density at radius 3 is 2.93 bits per heavy atom. The summed E-state index contributed by atoms with van der Waals surface area (Å²) >= 11 is 1.54. The maximum absolute atomic E-state index is 12.9. The number of carbonyl (C=O) groups excluding carboxylic acids is 1. The molecule has 2 fully saturated rings. The minimum Gasteiger partial charge on any atom is -0.461 e. The fraction of sp³-hybridized carbons (Fsp3) is 0.450.